The first-order valence-corrected chi connectivity index (χ1v) is 12.8. The zero-order valence-corrected chi connectivity index (χ0v) is 20.2. The molecule has 0 spiro atoms. The molecule has 186 valence electrons. The topological polar surface area (TPSA) is 105 Å². The fourth-order valence-electron chi connectivity index (χ4n) is 4.44. The Labute approximate surface area is 202 Å². The van der Waals surface area contributed by atoms with Crippen LogP contribution in [0.2, 0.25) is 0 Å². The molecule has 4 heterocycles. The molecule has 2 aromatic heterocycles. The summed E-state index contributed by atoms with van der Waals surface area (Å²) < 4.78 is 55.2. The summed E-state index contributed by atoms with van der Waals surface area (Å²) >= 11 is 0. The summed E-state index contributed by atoms with van der Waals surface area (Å²) in [5, 5.41) is 4.17. The van der Waals surface area contributed by atoms with Gasteiger partial charge >= 0.3 is 10.2 Å². The molecule has 3 aromatic rings. The van der Waals surface area contributed by atoms with Gasteiger partial charge in [0.2, 0.25) is 0 Å². The minimum atomic E-state index is -3.96. The van der Waals surface area contributed by atoms with Crippen LogP contribution >= 0.6 is 0 Å². The van der Waals surface area contributed by atoms with Gasteiger partial charge in [0.1, 0.15) is 5.82 Å². The molecule has 5 rings (SSSR count). The van der Waals surface area contributed by atoms with Gasteiger partial charge in [-0.25, -0.2) is 13.6 Å². The van der Waals surface area contributed by atoms with Crippen LogP contribution in [0.3, 0.4) is 0 Å². The molecular weight excluding hydrogens is 477 g/mol. The Morgan fingerprint density at radius 2 is 1.91 bits per heavy atom. The lowest BCUT2D eigenvalue weighted by Gasteiger charge is -2.28. The van der Waals surface area contributed by atoms with E-state index in [1.807, 2.05) is 10.8 Å². The summed E-state index contributed by atoms with van der Waals surface area (Å²) in [4.78, 5) is 14.8. The fraction of sp³-hybridized carbons (Fsp3) is 0.391. The van der Waals surface area contributed by atoms with Crippen molar-refractivity contribution in [1.82, 2.24) is 18.6 Å². The van der Waals surface area contributed by atoms with Crippen molar-refractivity contribution in [1.29, 1.82) is 0 Å². The maximum Gasteiger partial charge on any atom is 0.303 e. The summed E-state index contributed by atoms with van der Waals surface area (Å²) in [6, 6.07) is 6.49. The van der Waals surface area contributed by atoms with Crippen molar-refractivity contribution in [3.63, 3.8) is 0 Å². The van der Waals surface area contributed by atoms with Gasteiger partial charge in [0, 0.05) is 50.6 Å². The number of nitrogens with zero attached hydrogens (tertiary/aromatic N) is 4. The van der Waals surface area contributed by atoms with Crippen LogP contribution in [0.4, 0.5) is 10.1 Å². The summed E-state index contributed by atoms with van der Waals surface area (Å²) in [6.45, 7) is 1.69. The maximum atomic E-state index is 15.2. The largest absolute Gasteiger partial charge is 0.490 e. The molecule has 2 aliphatic heterocycles. The summed E-state index contributed by atoms with van der Waals surface area (Å²) in [6.07, 6.45) is 5.36. The smallest absolute Gasteiger partial charge is 0.303 e. The van der Waals surface area contributed by atoms with E-state index in [4.69, 9.17) is 9.47 Å². The number of benzene rings is 1. The van der Waals surface area contributed by atoms with Gasteiger partial charge in [-0.1, -0.05) is 0 Å². The lowest BCUT2D eigenvalue weighted by molar-refractivity contribution is 0.0981. The van der Waals surface area contributed by atoms with Gasteiger partial charge in [-0.05, 0) is 31.0 Å². The number of ether oxygens (including phenoxy) is 2. The Balaban J connectivity index is 1.48. The fourth-order valence-corrected chi connectivity index (χ4v) is 4.97. The Morgan fingerprint density at radius 3 is 2.66 bits per heavy atom. The third-order valence-corrected chi connectivity index (χ3v) is 7.67. The molecule has 1 N–H and O–H groups in total. The lowest BCUT2D eigenvalue weighted by Crippen LogP contribution is -2.39. The van der Waals surface area contributed by atoms with Crippen LogP contribution in [-0.4, -0.2) is 62.1 Å². The molecule has 1 amide bonds. The van der Waals surface area contributed by atoms with E-state index in [-0.39, 0.29) is 17.4 Å². The van der Waals surface area contributed by atoms with E-state index >= 15 is 4.39 Å². The van der Waals surface area contributed by atoms with Crippen LogP contribution in [-0.2, 0) is 10.2 Å². The van der Waals surface area contributed by atoms with Crippen LogP contribution in [0.1, 0.15) is 41.2 Å². The average molecular weight is 504 g/mol. The molecule has 12 heteroatoms. The Bertz CT molecular complexity index is 1390. The molecule has 0 aliphatic carbocycles. The average Bonchev–Trinajstić information content (AvgIpc) is 3.40. The predicted octanol–water partition coefficient (Wildman–Crippen LogP) is 2.51. The van der Waals surface area contributed by atoms with Crippen molar-refractivity contribution < 1.29 is 27.1 Å². The van der Waals surface area contributed by atoms with Crippen LogP contribution < -0.4 is 19.1 Å². The second-order valence-corrected chi connectivity index (χ2v) is 10.6. The predicted molar refractivity (Wildman–Crippen MR) is 127 cm³/mol. The number of hydrogen-bond acceptors (Lipinski definition) is 7. The number of aromatic nitrogens is 2. The third kappa shape index (κ3) is 4.39. The first-order valence-electron chi connectivity index (χ1n) is 11.3. The highest BCUT2D eigenvalue weighted by atomic mass is 32.2. The molecule has 1 fully saturated rings. The first kappa shape index (κ1) is 23.4. The maximum absolute atomic E-state index is 15.2. The van der Waals surface area contributed by atoms with Crippen molar-refractivity contribution in [3.05, 3.63) is 53.6 Å². The second-order valence-electron chi connectivity index (χ2n) is 8.71. The van der Waals surface area contributed by atoms with E-state index in [2.05, 4.69) is 10.00 Å². The number of halogens is 1. The molecule has 0 radical (unpaired) electrons. The van der Waals surface area contributed by atoms with Crippen LogP contribution in [0.25, 0.3) is 5.52 Å². The van der Waals surface area contributed by atoms with E-state index in [1.165, 1.54) is 30.9 Å². The van der Waals surface area contributed by atoms with Gasteiger partial charge in [0.15, 0.2) is 11.5 Å². The molecule has 0 unspecified atom stereocenters. The lowest BCUT2D eigenvalue weighted by atomic mass is 10.0. The molecule has 35 heavy (non-hydrogen) atoms. The van der Waals surface area contributed by atoms with Gasteiger partial charge in [-0.15, -0.1) is 0 Å². The number of hydrogen-bond donors (Lipinski definition) is 1. The third-order valence-electron chi connectivity index (χ3n) is 6.26. The van der Waals surface area contributed by atoms with Gasteiger partial charge in [-0.2, -0.15) is 17.8 Å². The van der Waals surface area contributed by atoms with E-state index in [0.717, 1.165) is 29.3 Å². The van der Waals surface area contributed by atoms with E-state index in [9.17, 15) is 13.2 Å². The minimum absolute atomic E-state index is 0.120. The van der Waals surface area contributed by atoms with Crippen molar-refractivity contribution >= 4 is 27.3 Å². The number of carbonyl (C=O) groups is 1. The number of nitrogens with one attached hydrogen (secondary N) is 1. The minimum Gasteiger partial charge on any atom is -0.490 e. The Morgan fingerprint density at radius 1 is 1.17 bits per heavy atom. The number of amides is 1. The monoisotopic (exact) mass is 503 g/mol. The van der Waals surface area contributed by atoms with Crippen LogP contribution in [0, 0.1) is 5.82 Å². The van der Waals surface area contributed by atoms with Crippen LogP contribution in [0.15, 0.2) is 36.7 Å². The van der Waals surface area contributed by atoms with Gasteiger partial charge in [0.05, 0.1) is 36.5 Å². The molecule has 10 nitrogen and oxygen atoms in total. The Kier molecular flexibility index (Phi) is 6.01. The quantitative estimate of drug-likeness (QED) is 0.570. The molecule has 0 bridgehead atoms. The zero-order chi connectivity index (χ0) is 24.7. The molecule has 2 aliphatic rings. The highest BCUT2D eigenvalue weighted by molar-refractivity contribution is 7.87. The second kappa shape index (κ2) is 9.00. The number of rotatable bonds is 5. The highest BCUT2D eigenvalue weighted by Crippen LogP contribution is 2.41. The van der Waals surface area contributed by atoms with Gasteiger partial charge in [0.25, 0.3) is 5.91 Å². The standard InChI is InChI=1S/C23H26FN5O5S/c1-27(2)35(31,32)26-23(30)17-14-25-29-8-6-15(11-20(17)29)28-7-3-5-19(28)16-12-21-22(13-18(16)24)34-10-4-9-33-21/h6,8,11-14,19H,3-5,7,9-10H2,1-2H3,(H,26,30)/t19-/m1/s1. The number of fused-ring (bicyclic) bond motifs is 2. The van der Waals surface area contributed by atoms with Crippen LogP contribution in [0.5, 0.6) is 11.5 Å². The molecule has 1 saturated heterocycles. The van der Waals surface area contributed by atoms with Gasteiger partial charge < -0.3 is 14.4 Å². The summed E-state index contributed by atoms with van der Waals surface area (Å²) in [5.41, 5.74) is 1.86. The molecule has 1 atom stereocenters. The zero-order valence-electron chi connectivity index (χ0n) is 19.4. The summed E-state index contributed by atoms with van der Waals surface area (Å²) in [7, 11) is -1.30. The van der Waals surface area contributed by atoms with E-state index < -0.39 is 16.1 Å². The Hall–Kier alpha value is -3.38. The molecule has 0 saturated carbocycles. The number of carbonyl (C=O) groups excluding carboxylic acids is 1. The molecular formula is C23H26FN5O5S. The SMILES string of the molecule is CN(C)S(=O)(=O)NC(=O)c1cnn2ccc(N3CCC[C@@H]3c3cc4c(cc3F)OCCCO4)cc12. The van der Waals surface area contributed by atoms with Crippen molar-refractivity contribution in [2.24, 2.45) is 0 Å². The van der Waals surface area contributed by atoms with Crippen molar-refractivity contribution in [2.45, 2.75) is 25.3 Å². The van der Waals surface area contributed by atoms with E-state index in [0.29, 0.717) is 42.3 Å². The molecule has 1 aromatic carbocycles. The number of pyridine rings is 1. The van der Waals surface area contributed by atoms with Gasteiger partial charge in [-0.3, -0.25) is 4.79 Å². The normalized spacial score (nSPS) is 18.2. The van der Waals surface area contributed by atoms with E-state index in [1.54, 1.807) is 18.3 Å². The highest BCUT2D eigenvalue weighted by Gasteiger charge is 2.31. The summed E-state index contributed by atoms with van der Waals surface area (Å²) in [5.74, 6) is -0.182. The van der Waals surface area contributed by atoms with Crippen molar-refractivity contribution in [3.8, 4) is 11.5 Å². The van der Waals surface area contributed by atoms with Crippen molar-refractivity contribution in [2.75, 3.05) is 38.8 Å². The first-order chi connectivity index (χ1) is 16.7. The number of anilines is 1.